The lowest BCUT2D eigenvalue weighted by atomic mass is 10.0. The molecule has 7 heteroatoms. The Kier molecular flexibility index (Phi) is 6.42. The van der Waals surface area contributed by atoms with E-state index in [-0.39, 0.29) is 0 Å². The monoisotopic (exact) mass is 681 g/mol. The summed E-state index contributed by atoms with van der Waals surface area (Å²) in [6, 6.07) is 55.3. The highest BCUT2D eigenvalue weighted by Gasteiger charge is 2.22. The van der Waals surface area contributed by atoms with Gasteiger partial charge in [-0.25, -0.2) is 19.9 Å². The summed E-state index contributed by atoms with van der Waals surface area (Å²) in [4.78, 5) is 20.1. The van der Waals surface area contributed by atoms with Crippen LogP contribution in [0.1, 0.15) is 0 Å². The van der Waals surface area contributed by atoms with Crippen molar-refractivity contribution >= 4 is 54.8 Å². The fourth-order valence-corrected chi connectivity index (χ4v) is 7.52. The van der Waals surface area contributed by atoms with Gasteiger partial charge >= 0.3 is 0 Å². The Bertz CT molecular complexity index is 3090. The lowest BCUT2D eigenvalue weighted by molar-refractivity contribution is 0.620. The van der Waals surface area contributed by atoms with Gasteiger partial charge in [0.15, 0.2) is 23.1 Å². The summed E-state index contributed by atoms with van der Waals surface area (Å²) in [6.45, 7) is 0. The number of hydrogen-bond donors (Lipinski definition) is 0. The van der Waals surface area contributed by atoms with Gasteiger partial charge < -0.3 is 13.4 Å². The predicted molar refractivity (Wildman–Crippen MR) is 211 cm³/mol. The van der Waals surface area contributed by atoms with Gasteiger partial charge in [0.1, 0.15) is 16.7 Å². The summed E-state index contributed by atoms with van der Waals surface area (Å²) in [5, 5.41) is 4.23. The Labute approximate surface area is 302 Å². The molecule has 11 aromatic rings. The Hall–Kier alpha value is -7.38. The maximum Gasteiger partial charge on any atom is 0.228 e. The molecule has 0 aliphatic carbocycles. The normalized spacial score (nSPS) is 11.8. The molecule has 0 N–H and O–H groups in total. The van der Waals surface area contributed by atoms with Crippen molar-refractivity contribution < 1.29 is 8.83 Å². The average Bonchev–Trinajstić information content (AvgIpc) is 3.93. The molecule has 0 amide bonds. The molecule has 0 saturated carbocycles. The number of hydrogen-bond acceptors (Lipinski definition) is 6. The van der Waals surface area contributed by atoms with Crippen molar-refractivity contribution in [1.82, 2.24) is 24.5 Å². The lowest BCUT2D eigenvalue weighted by Crippen LogP contribution is -2.01. The number of benzene rings is 7. The molecule has 0 spiro atoms. The lowest BCUT2D eigenvalue weighted by Gasteiger charge is -2.11. The summed E-state index contributed by atoms with van der Waals surface area (Å²) >= 11 is 0. The Morgan fingerprint density at radius 3 is 1.62 bits per heavy atom. The van der Waals surface area contributed by atoms with Crippen molar-refractivity contribution in [3.8, 4) is 51.3 Å². The van der Waals surface area contributed by atoms with Crippen LogP contribution in [0.3, 0.4) is 0 Å². The van der Waals surface area contributed by atoms with Crippen molar-refractivity contribution in [2.75, 3.05) is 0 Å². The van der Waals surface area contributed by atoms with Gasteiger partial charge in [0.25, 0.3) is 0 Å². The highest BCUT2D eigenvalue weighted by Crippen LogP contribution is 2.42. The molecule has 0 fully saturated rings. The molecule has 0 atom stereocenters. The third-order valence-electron chi connectivity index (χ3n) is 9.92. The van der Waals surface area contributed by atoms with Crippen LogP contribution in [0.5, 0.6) is 0 Å². The summed E-state index contributed by atoms with van der Waals surface area (Å²) in [5.74, 6) is 2.23. The minimum atomic E-state index is 0.527. The molecule has 4 heterocycles. The summed E-state index contributed by atoms with van der Waals surface area (Å²) in [7, 11) is 0. The van der Waals surface area contributed by atoms with Crippen LogP contribution in [0.2, 0.25) is 0 Å². The molecular formula is C46H27N5O2. The molecule has 0 unspecified atom stereocenters. The van der Waals surface area contributed by atoms with Crippen molar-refractivity contribution in [2.45, 2.75) is 0 Å². The van der Waals surface area contributed by atoms with Gasteiger partial charge in [0.2, 0.25) is 5.89 Å². The number of furan rings is 1. The van der Waals surface area contributed by atoms with Crippen LogP contribution in [-0.2, 0) is 0 Å². The SMILES string of the molecule is c1ccc(-c2nc(-c3ccc(-n4c5ccccc5c5ccccc54)cc3)nc(-c3cccc4oc5cccc(-c6nc7ccccc7o6)c5c34)n2)cc1. The minimum Gasteiger partial charge on any atom is -0.456 e. The van der Waals surface area contributed by atoms with Crippen molar-refractivity contribution in [3.05, 3.63) is 164 Å². The Morgan fingerprint density at radius 1 is 0.377 bits per heavy atom. The molecular weight excluding hydrogens is 655 g/mol. The first-order valence-electron chi connectivity index (χ1n) is 17.5. The summed E-state index contributed by atoms with van der Waals surface area (Å²) < 4.78 is 15.0. The van der Waals surface area contributed by atoms with Crippen LogP contribution in [0.25, 0.3) is 106 Å². The molecule has 7 aromatic carbocycles. The van der Waals surface area contributed by atoms with E-state index in [4.69, 9.17) is 28.8 Å². The predicted octanol–water partition coefficient (Wildman–Crippen LogP) is 11.7. The van der Waals surface area contributed by atoms with E-state index in [2.05, 4.69) is 77.4 Å². The van der Waals surface area contributed by atoms with Crippen molar-refractivity contribution in [1.29, 1.82) is 0 Å². The van der Waals surface area contributed by atoms with Gasteiger partial charge in [-0.05, 0) is 66.7 Å². The van der Waals surface area contributed by atoms with E-state index in [9.17, 15) is 0 Å². The summed E-state index contributed by atoms with van der Waals surface area (Å²) in [5.41, 5.74) is 9.80. The highest BCUT2D eigenvalue weighted by atomic mass is 16.3. The maximum atomic E-state index is 6.45. The second kappa shape index (κ2) is 11.6. The number of aromatic nitrogens is 5. The van der Waals surface area contributed by atoms with Crippen LogP contribution in [-0.4, -0.2) is 24.5 Å². The number of rotatable bonds is 5. The fourth-order valence-electron chi connectivity index (χ4n) is 7.52. The topological polar surface area (TPSA) is 82.8 Å². The zero-order valence-corrected chi connectivity index (χ0v) is 28.1. The van der Waals surface area contributed by atoms with E-state index in [1.165, 1.54) is 10.8 Å². The van der Waals surface area contributed by atoms with Gasteiger partial charge in [0, 0.05) is 49.5 Å². The Morgan fingerprint density at radius 2 is 0.925 bits per heavy atom. The molecule has 0 radical (unpaired) electrons. The van der Waals surface area contributed by atoms with Crippen LogP contribution in [0, 0.1) is 0 Å². The number of para-hydroxylation sites is 4. The first-order chi connectivity index (χ1) is 26.3. The Balaban J connectivity index is 1.10. The second-order valence-corrected chi connectivity index (χ2v) is 13.0. The van der Waals surface area contributed by atoms with Crippen LogP contribution in [0.15, 0.2) is 173 Å². The van der Waals surface area contributed by atoms with Gasteiger partial charge in [-0.3, -0.25) is 0 Å². The molecule has 0 aliphatic heterocycles. The number of oxazole rings is 1. The molecule has 4 aromatic heterocycles. The fraction of sp³-hybridized carbons (Fsp3) is 0. The highest BCUT2D eigenvalue weighted by molar-refractivity contribution is 6.17. The van der Waals surface area contributed by atoms with Gasteiger partial charge in [0.05, 0.1) is 11.0 Å². The largest absolute Gasteiger partial charge is 0.456 e. The molecule has 7 nitrogen and oxygen atoms in total. The van der Waals surface area contributed by atoms with Crippen LogP contribution < -0.4 is 0 Å². The van der Waals surface area contributed by atoms with E-state index in [1.54, 1.807) is 0 Å². The number of nitrogens with zero attached hydrogens (tertiary/aromatic N) is 5. The number of fused-ring (bicyclic) bond motifs is 7. The summed E-state index contributed by atoms with van der Waals surface area (Å²) in [6.07, 6.45) is 0. The first kappa shape index (κ1) is 29.4. The third-order valence-corrected chi connectivity index (χ3v) is 9.92. The van der Waals surface area contributed by atoms with E-state index in [0.29, 0.717) is 23.4 Å². The van der Waals surface area contributed by atoms with Crippen LogP contribution >= 0.6 is 0 Å². The second-order valence-electron chi connectivity index (χ2n) is 13.0. The molecule has 0 bridgehead atoms. The minimum absolute atomic E-state index is 0.527. The maximum absolute atomic E-state index is 6.45. The molecule has 0 aliphatic rings. The van der Waals surface area contributed by atoms with Gasteiger partial charge in [-0.1, -0.05) is 97.1 Å². The van der Waals surface area contributed by atoms with Crippen molar-refractivity contribution in [3.63, 3.8) is 0 Å². The van der Waals surface area contributed by atoms with Crippen LogP contribution in [0.4, 0.5) is 0 Å². The first-order valence-corrected chi connectivity index (χ1v) is 17.5. The van der Waals surface area contributed by atoms with E-state index in [0.717, 1.165) is 72.0 Å². The smallest absolute Gasteiger partial charge is 0.228 e. The zero-order valence-electron chi connectivity index (χ0n) is 28.1. The quantitative estimate of drug-likeness (QED) is 0.180. The standard InChI is InChI=1S/C46H27N5O2/c1-2-12-28(13-3-1)43-48-44(29-24-26-30(27-25-29)51-36-19-7-4-14-31(36)32-15-5-8-20-37(32)51)50-45(49-43)33-16-10-22-39-41(33)42-34(17-11-23-40(42)52-39)46-47-35-18-6-9-21-38(35)53-46/h1-27H. The molecule has 53 heavy (non-hydrogen) atoms. The zero-order chi connectivity index (χ0) is 34.9. The average molecular weight is 682 g/mol. The van der Waals surface area contributed by atoms with Crippen molar-refractivity contribution in [2.24, 2.45) is 0 Å². The van der Waals surface area contributed by atoms with E-state index < -0.39 is 0 Å². The van der Waals surface area contributed by atoms with E-state index >= 15 is 0 Å². The third kappa shape index (κ3) is 4.68. The molecule has 248 valence electrons. The van der Waals surface area contributed by atoms with Gasteiger partial charge in [-0.15, -0.1) is 0 Å². The molecule has 0 saturated heterocycles. The van der Waals surface area contributed by atoms with E-state index in [1.807, 2.05) is 91.0 Å². The molecule has 11 rings (SSSR count). The van der Waals surface area contributed by atoms with Gasteiger partial charge in [-0.2, -0.15) is 0 Å².